The van der Waals surface area contributed by atoms with Gasteiger partial charge in [0.05, 0.1) is 23.6 Å². The molecule has 3 rings (SSSR count). The number of aromatic hydroxyl groups is 2. The molecule has 0 aromatic heterocycles. The van der Waals surface area contributed by atoms with E-state index >= 15 is 0 Å². The van der Waals surface area contributed by atoms with Gasteiger partial charge in [-0.25, -0.2) is 4.79 Å². The molecule has 0 saturated carbocycles. The van der Waals surface area contributed by atoms with E-state index in [0.717, 1.165) is 44.1 Å². The van der Waals surface area contributed by atoms with E-state index in [-0.39, 0.29) is 28.9 Å². The number of nitrogens with one attached hydrogen (secondary N) is 2. The predicted molar refractivity (Wildman–Crippen MR) is 215 cm³/mol. The van der Waals surface area contributed by atoms with Crippen LogP contribution in [0.1, 0.15) is 82.3 Å². The Balaban J connectivity index is 2.10. The van der Waals surface area contributed by atoms with E-state index < -0.39 is 59.7 Å². The van der Waals surface area contributed by atoms with E-state index in [0.29, 0.717) is 16.7 Å². The van der Waals surface area contributed by atoms with Crippen LogP contribution in [-0.2, 0) is 25.5 Å². The number of phenolic OH excluding ortho intramolecular Hbond substituents is 2. The van der Waals surface area contributed by atoms with Crippen LogP contribution >= 0.6 is 0 Å². The predicted octanol–water partition coefficient (Wildman–Crippen LogP) is 6.66. The van der Waals surface area contributed by atoms with E-state index in [1.165, 1.54) is 20.3 Å². The zero-order chi connectivity index (χ0) is 40.8. The Bertz CT molecular complexity index is 1760. The fourth-order valence-corrected chi connectivity index (χ4v) is 6.52. The van der Waals surface area contributed by atoms with Gasteiger partial charge in [0.1, 0.15) is 17.6 Å². The van der Waals surface area contributed by atoms with Crippen molar-refractivity contribution in [2.45, 2.75) is 91.8 Å². The Hall–Kier alpha value is -4.95. The molecule has 3 amide bonds. The van der Waals surface area contributed by atoms with Crippen LogP contribution in [0.4, 0.5) is 16.2 Å². The topological polar surface area (TPSA) is 193 Å². The number of anilines is 2. The smallest absolute Gasteiger partial charge is 0.405 e. The number of hydrogen-bond donors (Lipinski definition) is 6. The van der Waals surface area contributed by atoms with Crippen LogP contribution in [0, 0.1) is 5.92 Å². The average Bonchev–Trinajstić information content (AvgIpc) is 3.14. The molecule has 2 aromatic rings. The largest absolute Gasteiger partial charge is 0.506 e. The number of methoxy groups -OCH3 is 2. The normalized spacial score (nSPS) is 21.3. The van der Waals surface area contributed by atoms with Crippen molar-refractivity contribution in [3.05, 3.63) is 88.0 Å². The fourth-order valence-electron chi connectivity index (χ4n) is 6.52. The number of amides is 3. The number of nitrogens with two attached hydrogens (primary N) is 1. The third-order valence-electron chi connectivity index (χ3n) is 9.44. The summed E-state index contributed by atoms with van der Waals surface area (Å²) in [7, 11) is 2.89. The van der Waals surface area contributed by atoms with Gasteiger partial charge in [0.25, 0.3) is 11.8 Å². The molecular weight excluding hydrogens is 704 g/mol. The first-order valence-corrected chi connectivity index (χ1v) is 18.6. The van der Waals surface area contributed by atoms with Gasteiger partial charge in [-0.3, -0.25) is 14.5 Å². The van der Waals surface area contributed by atoms with Gasteiger partial charge in [0.15, 0.2) is 6.10 Å². The molecule has 300 valence electrons. The summed E-state index contributed by atoms with van der Waals surface area (Å²) in [4.78, 5) is 41.1. The van der Waals surface area contributed by atoms with Crippen LogP contribution < -0.4 is 16.4 Å². The van der Waals surface area contributed by atoms with Crippen molar-refractivity contribution in [2.24, 2.45) is 11.7 Å². The first kappa shape index (κ1) is 44.4. The van der Waals surface area contributed by atoms with Crippen molar-refractivity contribution >= 4 is 35.4 Å². The van der Waals surface area contributed by atoms with Gasteiger partial charge < -0.3 is 45.9 Å². The number of aliphatic hydroxyl groups is 1. The second-order valence-corrected chi connectivity index (χ2v) is 14.0. The van der Waals surface area contributed by atoms with Crippen molar-refractivity contribution in [2.75, 3.05) is 37.9 Å². The minimum absolute atomic E-state index is 0.0366. The molecule has 0 unspecified atom stereocenters. The number of benzene rings is 2. The van der Waals surface area contributed by atoms with Crippen LogP contribution in [-0.4, -0.2) is 89.9 Å². The summed E-state index contributed by atoms with van der Waals surface area (Å²) >= 11 is 0. The Kier molecular flexibility index (Phi) is 17.1. The number of nitrogens with zero attached hydrogens (tertiary/aromatic N) is 1. The summed E-state index contributed by atoms with van der Waals surface area (Å²) in [5.74, 6) is -2.43. The fraction of sp³-hybridized carbons (Fsp3) is 0.452. The lowest BCUT2D eigenvalue weighted by molar-refractivity contribution is -0.112. The summed E-state index contributed by atoms with van der Waals surface area (Å²) in [6.07, 6.45) is 5.60. The highest BCUT2D eigenvalue weighted by Crippen LogP contribution is 2.42. The van der Waals surface area contributed by atoms with E-state index in [2.05, 4.69) is 29.4 Å². The molecule has 0 radical (unpaired) electrons. The third-order valence-corrected chi connectivity index (χ3v) is 9.44. The number of aliphatic hydroxyl groups excluding tert-OH is 1. The SMILES string of the molecule is CCCN(CCC)Cc1ccc(C(=O)Nc2c(O)cc3c(O)c2C=C(C)C[C@H](OC)[C@H](O)[C@@H](C)C=C(C)[C@H](OC(N)=O)[C@@H](OC)C=CC=C(C)C(=O)N3)cc1. The van der Waals surface area contributed by atoms with Gasteiger partial charge in [0.2, 0.25) is 0 Å². The highest BCUT2D eigenvalue weighted by atomic mass is 16.6. The van der Waals surface area contributed by atoms with E-state index in [1.807, 2.05) is 12.1 Å². The second kappa shape index (κ2) is 21.2. The van der Waals surface area contributed by atoms with Crippen molar-refractivity contribution in [3.63, 3.8) is 0 Å². The van der Waals surface area contributed by atoms with Crippen molar-refractivity contribution in [1.82, 2.24) is 4.90 Å². The lowest BCUT2D eigenvalue weighted by Crippen LogP contribution is -2.36. The summed E-state index contributed by atoms with van der Waals surface area (Å²) < 4.78 is 16.7. The minimum Gasteiger partial charge on any atom is -0.506 e. The monoisotopic (exact) mass is 762 g/mol. The molecule has 2 aromatic carbocycles. The molecule has 13 nitrogen and oxygen atoms in total. The standard InChI is InChI=1S/C42H58N4O9/c1-9-18-46(19-10-2)24-29-14-16-30(17-15-29)41(51)45-36-31-20-25(3)21-35(54-8)37(48)27(5)22-28(6)39(55-42(43)52)34(53-7)13-11-12-26(4)40(50)44-32(38(31)49)23-33(36)47/h11-17,20,22-23,27,34-35,37,39,47-49H,9-10,18-19,21,24H2,1-8H3,(H2,43,52)(H,44,50)(H,45,51)/t27-,34-,35-,37+,39-/m0/s1. The van der Waals surface area contributed by atoms with Crippen molar-refractivity contribution in [3.8, 4) is 11.5 Å². The summed E-state index contributed by atoms with van der Waals surface area (Å²) in [5, 5.41) is 39.7. The Labute approximate surface area is 324 Å². The number of carbonyl (C=O) groups is 3. The third kappa shape index (κ3) is 12.5. The van der Waals surface area contributed by atoms with E-state index in [1.54, 1.807) is 64.1 Å². The van der Waals surface area contributed by atoms with Gasteiger partial charge in [0, 0.05) is 49.4 Å². The lowest BCUT2D eigenvalue weighted by Gasteiger charge is -2.28. The van der Waals surface area contributed by atoms with Crippen molar-refractivity contribution < 1.29 is 43.9 Å². The molecular formula is C42H58N4O9. The molecule has 0 spiro atoms. The van der Waals surface area contributed by atoms with Crippen LogP contribution in [0.15, 0.2) is 71.4 Å². The van der Waals surface area contributed by atoms with Crippen LogP contribution in [0.25, 0.3) is 6.08 Å². The maximum absolute atomic E-state index is 13.6. The average molecular weight is 763 g/mol. The van der Waals surface area contributed by atoms with Gasteiger partial charge in [-0.15, -0.1) is 0 Å². The van der Waals surface area contributed by atoms with Gasteiger partial charge >= 0.3 is 6.09 Å². The molecule has 1 aliphatic heterocycles. The van der Waals surface area contributed by atoms with Crippen LogP contribution in [0.3, 0.4) is 0 Å². The molecule has 0 aliphatic carbocycles. The summed E-state index contributed by atoms with van der Waals surface area (Å²) in [6.45, 7) is 13.8. The number of carbonyl (C=O) groups excluding carboxylic acids is 3. The first-order chi connectivity index (χ1) is 26.1. The molecule has 13 heteroatoms. The Morgan fingerprint density at radius 2 is 1.69 bits per heavy atom. The lowest BCUT2D eigenvalue weighted by atomic mass is 9.91. The Morgan fingerprint density at radius 3 is 2.27 bits per heavy atom. The molecule has 55 heavy (non-hydrogen) atoms. The van der Waals surface area contributed by atoms with Gasteiger partial charge in [-0.05, 0) is 82.5 Å². The number of allylic oxidation sites excluding steroid dienone is 2. The molecule has 0 saturated heterocycles. The zero-order valence-electron chi connectivity index (χ0n) is 33.2. The molecule has 2 bridgehead atoms. The summed E-state index contributed by atoms with van der Waals surface area (Å²) in [5.41, 5.74) is 8.04. The Morgan fingerprint density at radius 1 is 1.04 bits per heavy atom. The van der Waals surface area contributed by atoms with Crippen molar-refractivity contribution in [1.29, 1.82) is 0 Å². The zero-order valence-corrected chi connectivity index (χ0v) is 33.2. The highest BCUT2D eigenvalue weighted by molar-refractivity contribution is 6.09. The molecule has 5 atom stereocenters. The molecule has 1 heterocycles. The maximum Gasteiger partial charge on any atom is 0.405 e. The first-order valence-electron chi connectivity index (χ1n) is 18.6. The van der Waals surface area contributed by atoms with Crippen LogP contribution in [0.5, 0.6) is 11.5 Å². The van der Waals surface area contributed by atoms with Crippen LogP contribution in [0.2, 0.25) is 0 Å². The van der Waals surface area contributed by atoms with E-state index in [9.17, 15) is 29.7 Å². The molecule has 0 fully saturated rings. The molecule has 7 N–H and O–H groups in total. The van der Waals surface area contributed by atoms with Gasteiger partial charge in [-0.1, -0.05) is 62.8 Å². The number of rotatable bonds is 11. The minimum atomic E-state index is -1.05. The number of primary amides is 1. The quantitative estimate of drug-likeness (QED) is 0.0820. The molecule has 1 aliphatic rings. The van der Waals surface area contributed by atoms with E-state index in [4.69, 9.17) is 19.9 Å². The highest BCUT2D eigenvalue weighted by Gasteiger charge is 2.29. The number of ether oxygens (including phenoxy) is 3. The second-order valence-electron chi connectivity index (χ2n) is 14.0. The summed E-state index contributed by atoms with van der Waals surface area (Å²) in [6, 6.07) is 8.38. The number of phenols is 2. The van der Waals surface area contributed by atoms with Gasteiger partial charge in [-0.2, -0.15) is 0 Å². The number of hydrogen-bond acceptors (Lipinski definition) is 10. The number of fused-ring (bicyclic) bond motifs is 2. The maximum atomic E-state index is 13.6.